The molecule has 1 aromatic carbocycles. The summed E-state index contributed by atoms with van der Waals surface area (Å²) in [6, 6.07) is 5.21. The largest absolute Gasteiger partial charge is 0.465 e. The number of hydrogen-bond donors (Lipinski definition) is 2. The van der Waals surface area contributed by atoms with Crippen LogP contribution in [0.1, 0.15) is 15.4 Å². The molecule has 18 heavy (non-hydrogen) atoms. The van der Waals surface area contributed by atoms with Crippen molar-refractivity contribution in [3.8, 4) is 0 Å². The number of ether oxygens (including phenoxy) is 1. The van der Waals surface area contributed by atoms with E-state index in [1.54, 1.807) is 29.7 Å². The maximum Gasteiger partial charge on any atom is 0.340 e. The topological polar surface area (TPSA) is 77.2 Å². The second kappa shape index (κ2) is 5.50. The van der Waals surface area contributed by atoms with Gasteiger partial charge in [-0.15, -0.1) is 11.3 Å². The summed E-state index contributed by atoms with van der Waals surface area (Å²) in [6.45, 7) is 0.576. The fraction of sp³-hybridized carbons (Fsp3) is 0.167. The predicted octanol–water partition coefficient (Wildman–Crippen LogP) is 2.12. The van der Waals surface area contributed by atoms with E-state index in [9.17, 15) is 4.79 Å². The van der Waals surface area contributed by atoms with E-state index in [1.807, 2.05) is 11.4 Å². The van der Waals surface area contributed by atoms with Crippen molar-refractivity contribution in [1.82, 2.24) is 4.98 Å². The molecule has 0 aliphatic carbocycles. The molecule has 0 unspecified atom stereocenters. The van der Waals surface area contributed by atoms with E-state index in [-0.39, 0.29) is 0 Å². The first-order valence-electron chi connectivity index (χ1n) is 5.31. The van der Waals surface area contributed by atoms with Crippen molar-refractivity contribution in [2.24, 2.45) is 0 Å². The highest BCUT2D eigenvalue weighted by Gasteiger charge is 2.12. The average Bonchev–Trinajstić information content (AvgIpc) is 2.90. The summed E-state index contributed by atoms with van der Waals surface area (Å²) in [7, 11) is 1.33. The number of anilines is 2. The van der Waals surface area contributed by atoms with Crippen molar-refractivity contribution in [1.29, 1.82) is 0 Å². The maximum absolute atomic E-state index is 11.5. The molecule has 5 nitrogen and oxygen atoms in total. The maximum atomic E-state index is 11.5. The van der Waals surface area contributed by atoms with Gasteiger partial charge in [-0.05, 0) is 12.1 Å². The molecule has 0 aliphatic rings. The van der Waals surface area contributed by atoms with Gasteiger partial charge in [-0.1, -0.05) is 6.07 Å². The number of nitrogens with two attached hydrogens (primary N) is 1. The smallest absolute Gasteiger partial charge is 0.340 e. The van der Waals surface area contributed by atoms with Crippen molar-refractivity contribution >= 4 is 28.7 Å². The SMILES string of the molecule is COC(=O)c1cccc(NCc2nccs2)c1N. The van der Waals surface area contributed by atoms with Crippen LogP contribution >= 0.6 is 11.3 Å². The molecule has 0 bridgehead atoms. The molecule has 1 heterocycles. The van der Waals surface area contributed by atoms with Crippen LogP contribution in [0.4, 0.5) is 11.4 Å². The van der Waals surface area contributed by atoms with Gasteiger partial charge < -0.3 is 15.8 Å². The molecule has 0 saturated carbocycles. The lowest BCUT2D eigenvalue weighted by molar-refractivity contribution is 0.0602. The van der Waals surface area contributed by atoms with Gasteiger partial charge in [0.25, 0.3) is 0 Å². The Kier molecular flexibility index (Phi) is 3.78. The molecule has 6 heteroatoms. The third-order valence-corrected chi connectivity index (χ3v) is 3.20. The molecule has 0 fully saturated rings. The minimum atomic E-state index is -0.439. The van der Waals surface area contributed by atoms with Gasteiger partial charge in [0.05, 0.1) is 30.6 Å². The molecule has 2 aromatic rings. The van der Waals surface area contributed by atoms with Crippen molar-refractivity contribution in [3.63, 3.8) is 0 Å². The number of aromatic nitrogens is 1. The Morgan fingerprint density at radius 1 is 1.56 bits per heavy atom. The number of nitrogen functional groups attached to an aromatic ring is 1. The average molecular weight is 263 g/mol. The zero-order valence-electron chi connectivity index (χ0n) is 9.84. The van der Waals surface area contributed by atoms with Gasteiger partial charge in [-0.25, -0.2) is 9.78 Å². The zero-order valence-corrected chi connectivity index (χ0v) is 10.7. The number of carbonyl (C=O) groups is 1. The quantitative estimate of drug-likeness (QED) is 0.652. The number of rotatable bonds is 4. The number of thiazole rings is 1. The molecular weight excluding hydrogens is 250 g/mol. The number of benzene rings is 1. The van der Waals surface area contributed by atoms with Crippen LogP contribution in [0.3, 0.4) is 0 Å². The highest BCUT2D eigenvalue weighted by Crippen LogP contribution is 2.24. The lowest BCUT2D eigenvalue weighted by atomic mass is 10.1. The number of para-hydroxylation sites is 1. The van der Waals surface area contributed by atoms with Crippen molar-refractivity contribution in [3.05, 3.63) is 40.3 Å². The van der Waals surface area contributed by atoms with Crippen molar-refractivity contribution in [2.75, 3.05) is 18.2 Å². The number of carbonyl (C=O) groups excluding carboxylic acids is 1. The van der Waals surface area contributed by atoms with Crippen molar-refractivity contribution < 1.29 is 9.53 Å². The fourth-order valence-electron chi connectivity index (χ4n) is 1.52. The molecule has 0 aliphatic heterocycles. The Morgan fingerprint density at radius 2 is 2.39 bits per heavy atom. The summed E-state index contributed by atoms with van der Waals surface area (Å²) in [5, 5.41) is 6.01. The minimum absolute atomic E-state index is 0.363. The van der Waals surface area contributed by atoms with Gasteiger partial charge in [-0.2, -0.15) is 0 Å². The van der Waals surface area contributed by atoms with Crippen LogP contribution in [-0.2, 0) is 11.3 Å². The Labute approximate surface area is 109 Å². The Hall–Kier alpha value is -2.08. The highest BCUT2D eigenvalue weighted by molar-refractivity contribution is 7.09. The number of esters is 1. The van der Waals surface area contributed by atoms with Crippen LogP contribution in [0.15, 0.2) is 29.8 Å². The van der Waals surface area contributed by atoms with Crippen LogP contribution in [0.25, 0.3) is 0 Å². The van der Waals surface area contributed by atoms with E-state index in [0.29, 0.717) is 23.5 Å². The molecule has 0 amide bonds. The second-order valence-electron chi connectivity index (χ2n) is 3.54. The monoisotopic (exact) mass is 263 g/mol. The lowest BCUT2D eigenvalue weighted by Crippen LogP contribution is -2.09. The van der Waals surface area contributed by atoms with Gasteiger partial charge in [0.2, 0.25) is 0 Å². The molecule has 3 N–H and O–H groups in total. The first-order chi connectivity index (χ1) is 8.72. The van der Waals surface area contributed by atoms with Crippen LogP contribution in [0.2, 0.25) is 0 Å². The van der Waals surface area contributed by atoms with Gasteiger partial charge in [0.15, 0.2) is 0 Å². The highest BCUT2D eigenvalue weighted by atomic mass is 32.1. The number of methoxy groups -OCH3 is 1. The van der Waals surface area contributed by atoms with Crippen LogP contribution in [0, 0.1) is 0 Å². The molecule has 0 saturated heterocycles. The fourth-order valence-corrected chi connectivity index (χ4v) is 2.07. The van der Waals surface area contributed by atoms with Crippen molar-refractivity contribution in [2.45, 2.75) is 6.54 Å². The van der Waals surface area contributed by atoms with Gasteiger partial charge in [0, 0.05) is 11.6 Å². The van der Waals surface area contributed by atoms with E-state index in [1.165, 1.54) is 7.11 Å². The summed E-state index contributed by atoms with van der Waals surface area (Å²) in [5.41, 5.74) is 7.37. The predicted molar refractivity (Wildman–Crippen MR) is 71.6 cm³/mol. The lowest BCUT2D eigenvalue weighted by Gasteiger charge is -2.10. The zero-order chi connectivity index (χ0) is 13.0. The summed E-state index contributed by atoms with van der Waals surface area (Å²) in [6.07, 6.45) is 1.75. The van der Waals surface area contributed by atoms with Gasteiger partial charge >= 0.3 is 5.97 Å². The first kappa shape index (κ1) is 12.4. The number of nitrogens with one attached hydrogen (secondary N) is 1. The Morgan fingerprint density at radius 3 is 3.06 bits per heavy atom. The van der Waals surface area contributed by atoms with Gasteiger partial charge in [-0.3, -0.25) is 0 Å². The Bertz CT molecular complexity index is 540. The molecule has 0 spiro atoms. The van der Waals surface area contributed by atoms with Gasteiger partial charge in [0.1, 0.15) is 5.01 Å². The van der Waals surface area contributed by atoms with Crippen LogP contribution in [-0.4, -0.2) is 18.1 Å². The third-order valence-electron chi connectivity index (χ3n) is 2.42. The van der Waals surface area contributed by atoms with Crippen LogP contribution < -0.4 is 11.1 Å². The molecule has 2 rings (SSSR count). The minimum Gasteiger partial charge on any atom is -0.465 e. The normalized spacial score (nSPS) is 10.1. The van der Waals surface area contributed by atoms with E-state index in [2.05, 4.69) is 15.0 Å². The summed E-state index contributed by atoms with van der Waals surface area (Å²) in [4.78, 5) is 15.6. The van der Waals surface area contributed by atoms with E-state index >= 15 is 0 Å². The molecular formula is C12H13N3O2S. The standard InChI is InChI=1S/C12H13N3O2S/c1-17-12(16)8-3-2-4-9(11(8)13)15-7-10-14-5-6-18-10/h2-6,15H,7,13H2,1H3. The summed E-state index contributed by atoms with van der Waals surface area (Å²) in [5.74, 6) is -0.439. The van der Waals surface area contributed by atoms with E-state index < -0.39 is 5.97 Å². The molecule has 94 valence electrons. The van der Waals surface area contributed by atoms with Crippen LogP contribution in [0.5, 0.6) is 0 Å². The number of hydrogen-bond acceptors (Lipinski definition) is 6. The Balaban J connectivity index is 2.16. The van der Waals surface area contributed by atoms with E-state index in [4.69, 9.17) is 5.73 Å². The number of nitrogens with zero attached hydrogens (tertiary/aromatic N) is 1. The third kappa shape index (κ3) is 2.60. The molecule has 1 aromatic heterocycles. The summed E-state index contributed by atoms with van der Waals surface area (Å²) < 4.78 is 4.67. The van der Waals surface area contributed by atoms with E-state index in [0.717, 1.165) is 5.01 Å². The first-order valence-corrected chi connectivity index (χ1v) is 6.19. The summed E-state index contributed by atoms with van der Waals surface area (Å²) >= 11 is 1.56. The molecule has 0 atom stereocenters. The molecule has 0 radical (unpaired) electrons. The second-order valence-corrected chi connectivity index (χ2v) is 4.52.